The number of nitrogens with zero attached hydrogens (tertiary/aromatic N) is 3. The molecule has 5 nitrogen and oxygen atoms in total. The first-order valence-corrected chi connectivity index (χ1v) is 6.61. The molecular formula is C15H20N4O. The number of rotatable bonds is 5. The van der Waals surface area contributed by atoms with Gasteiger partial charge in [0.25, 0.3) is 0 Å². The highest BCUT2D eigenvalue weighted by atomic mass is 16.5. The van der Waals surface area contributed by atoms with E-state index >= 15 is 0 Å². The number of aromatic nitrogens is 2. The Hall–Kier alpha value is -2.30. The predicted molar refractivity (Wildman–Crippen MR) is 80.9 cm³/mol. The maximum Gasteiger partial charge on any atom is 0.242 e. The van der Waals surface area contributed by atoms with Crippen LogP contribution < -0.4 is 15.4 Å². The van der Waals surface area contributed by atoms with Gasteiger partial charge in [-0.3, -0.25) is 0 Å². The highest BCUT2D eigenvalue weighted by Gasteiger charge is 2.15. The summed E-state index contributed by atoms with van der Waals surface area (Å²) in [6.07, 6.45) is 1.48. The molecule has 2 N–H and O–H groups in total. The van der Waals surface area contributed by atoms with Crippen molar-refractivity contribution < 1.29 is 4.74 Å². The molecule has 1 heterocycles. The van der Waals surface area contributed by atoms with Crippen LogP contribution in [0.4, 0.5) is 11.5 Å². The lowest BCUT2D eigenvalue weighted by Crippen LogP contribution is -2.25. The second-order valence-electron chi connectivity index (χ2n) is 4.56. The molecule has 0 radical (unpaired) electrons. The SMILES string of the molecule is CCN(Cc1ccccc1C)c1ncnc(OC)c1N. The summed E-state index contributed by atoms with van der Waals surface area (Å²) in [5.74, 6) is 1.13. The molecule has 20 heavy (non-hydrogen) atoms. The topological polar surface area (TPSA) is 64.3 Å². The first-order chi connectivity index (χ1) is 9.67. The van der Waals surface area contributed by atoms with E-state index in [1.165, 1.54) is 17.5 Å². The molecule has 106 valence electrons. The van der Waals surface area contributed by atoms with Gasteiger partial charge >= 0.3 is 0 Å². The van der Waals surface area contributed by atoms with Crippen molar-refractivity contribution >= 4 is 11.5 Å². The number of aryl methyl sites for hydroxylation is 1. The molecule has 0 atom stereocenters. The van der Waals surface area contributed by atoms with Crippen molar-refractivity contribution in [1.29, 1.82) is 0 Å². The van der Waals surface area contributed by atoms with E-state index in [9.17, 15) is 0 Å². The molecule has 0 saturated heterocycles. The Labute approximate surface area is 119 Å². The molecule has 0 aliphatic rings. The zero-order chi connectivity index (χ0) is 14.5. The standard InChI is InChI=1S/C15H20N4O/c1-4-19(9-12-8-6-5-7-11(12)2)14-13(16)15(20-3)18-10-17-14/h5-8,10H,4,9,16H2,1-3H3. The second kappa shape index (κ2) is 6.23. The van der Waals surface area contributed by atoms with Gasteiger partial charge in [0.1, 0.15) is 12.0 Å². The molecule has 1 aromatic carbocycles. The Morgan fingerprint density at radius 3 is 2.65 bits per heavy atom. The Kier molecular flexibility index (Phi) is 4.40. The van der Waals surface area contributed by atoms with Gasteiger partial charge in [-0.05, 0) is 25.0 Å². The quantitative estimate of drug-likeness (QED) is 0.905. The summed E-state index contributed by atoms with van der Waals surface area (Å²) in [6.45, 7) is 5.74. The maximum absolute atomic E-state index is 6.07. The first kappa shape index (κ1) is 14.1. The molecular weight excluding hydrogens is 252 g/mol. The molecule has 0 amide bonds. The van der Waals surface area contributed by atoms with Crippen molar-refractivity contribution in [2.75, 3.05) is 24.3 Å². The van der Waals surface area contributed by atoms with Crippen molar-refractivity contribution in [3.05, 3.63) is 41.7 Å². The number of hydrogen-bond donors (Lipinski definition) is 1. The van der Waals surface area contributed by atoms with Gasteiger partial charge in [-0.1, -0.05) is 24.3 Å². The van der Waals surface area contributed by atoms with Crippen LogP contribution >= 0.6 is 0 Å². The van der Waals surface area contributed by atoms with E-state index in [4.69, 9.17) is 10.5 Å². The van der Waals surface area contributed by atoms with Gasteiger partial charge in [-0.2, -0.15) is 4.98 Å². The Balaban J connectivity index is 2.32. The van der Waals surface area contributed by atoms with E-state index in [1.54, 1.807) is 7.11 Å². The number of anilines is 2. The average Bonchev–Trinajstić information content (AvgIpc) is 2.47. The monoisotopic (exact) mass is 272 g/mol. The van der Waals surface area contributed by atoms with Gasteiger partial charge in [0.15, 0.2) is 5.82 Å². The van der Waals surface area contributed by atoms with Gasteiger partial charge in [0, 0.05) is 13.1 Å². The first-order valence-electron chi connectivity index (χ1n) is 6.61. The smallest absolute Gasteiger partial charge is 0.242 e. The molecule has 0 bridgehead atoms. The molecule has 0 aliphatic carbocycles. The third-order valence-corrected chi connectivity index (χ3v) is 3.32. The molecule has 2 rings (SSSR count). The van der Waals surface area contributed by atoms with Crippen LogP contribution in [0, 0.1) is 6.92 Å². The third-order valence-electron chi connectivity index (χ3n) is 3.32. The lowest BCUT2D eigenvalue weighted by molar-refractivity contribution is 0.399. The summed E-state index contributed by atoms with van der Waals surface area (Å²) in [5.41, 5.74) is 9.06. The van der Waals surface area contributed by atoms with E-state index in [-0.39, 0.29) is 0 Å². The fraction of sp³-hybridized carbons (Fsp3) is 0.333. The van der Waals surface area contributed by atoms with Gasteiger partial charge in [0.05, 0.1) is 7.11 Å². The van der Waals surface area contributed by atoms with Crippen molar-refractivity contribution in [2.24, 2.45) is 0 Å². The highest BCUT2D eigenvalue weighted by Crippen LogP contribution is 2.28. The minimum absolute atomic E-state index is 0.415. The Morgan fingerprint density at radius 1 is 1.25 bits per heavy atom. The van der Waals surface area contributed by atoms with Gasteiger partial charge in [-0.15, -0.1) is 0 Å². The second-order valence-corrected chi connectivity index (χ2v) is 4.56. The molecule has 0 saturated carbocycles. The van der Waals surface area contributed by atoms with Crippen LogP contribution in [0.2, 0.25) is 0 Å². The molecule has 0 spiro atoms. The molecule has 0 aliphatic heterocycles. The lowest BCUT2D eigenvalue weighted by Gasteiger charge is -2.24. The van der Waals surface area contributed by atoms with Crippen LogP contribution in [0.3, 0.4) is 0 Å². The Morgan fingerprint density at radius 2 is 2.00 bits per heavy atom. The molecule has 1 aromatic heterocycles. The molecule has 5 heteroatoms. The average molecular weight is 272 g/mol. The lowest BCUT2D eigenvalue weighted by atomic mass is 10.1. The number of nitrogens with two attached hydrogens (primary N) is 1. The van der Waals surface area contributed by atoms with Crippen LogP contribution in [0.5, 0.6) is 5.88 Å². The van der Waals surface area contributed by atoms with Crippen LogP contribution in [0.15, 0.2) is 30.6 Å². The summed E-state index contributed by atoms with van der Waals surface area (Å²) in [7, 11) is 1.56. The number of nitrogen functional groups attached to an aromatic ring is 1. The van der Waals surface area contributed by atoms with E-state index < -0.39 is 0 Å². The summed E-state index contributed by atoms with van der Waals surface area (Å²) >= 11 is 0. The van der Waals surface area contributed by atoms with Gasteiger partial charge in [0.2, 0.25) is 5.88 Å². The zero-order valence-electron chi connectivity index (χ0n) is 12.1. The van der Waals surface area contributed by atoms with Crippen LogP contribution in [0.25, 0.3) is 0 Å². The summed E-state index contributed by atoms with van der Waals surface area (Å²) < 4.78 is 5.15. The van der Waals surface area contributed by atoms with Gasteiger partial charge in [-0.25, -0.2) is 4.98 Å². The largest absolute Gasteiger partial charge is 0.479 e. The van der Waals surface area contributed by atoms with E-state index in [1.807, 2.05) is 12.1 Å². The minimum Gasteiger partial charge on any atom is -0.479 e. The molecule has 0 fully saturated rings. The van der Waals surface area contributed by atoms with Crippen LogP contribution in [0.1, 0.15) is 18.1 Å². The van der Waals surface area contributed by atoms with E-state index in [0.29, 0.717) is 17.4 Å². The van der Waals surface area contributed by atoms with Crippen molar-refractivity contribution in [3.63, 3.8) is 0 Å². The summed E-state index contributed by atoms with van der Waals surface area (Å²) in [5, 5.41) is 0. The molecule has 0 unspecified atom stereocenters. The summed E-state index contributed by atoms with van der Waals surface area (Å²) in [6, 6.07) is 8.30. The fourth-order valence-corrected chi connectivity index (χ4v) is 2.11. The van der Waals surface area contributed by atoms with E-state index in [0.717, 1.165) is 13.1 Å². The number of hydrogen-bond acceptors (Lipinski definition) is 5. The minimum atomic E-state index is 0.415. The summed E-state index contributed by atoms with van der Waals surface area (Å²) in [4.78, 5) is 10.4. The van der Waals surface area contributed by atoms with Crippen molar-refractivity contribution in [3.8, 4) is 5.88 Å². The van der Waals surface area contributed by atoms with Crippen LogP contribution in [-0.4, -0.2) is 23.6 Å². The fourth-order valence-electron chi connectivity index (χ4n) is 2.11. The van der Waals surface area contributed by atoms with E-state index in [2.05, 4.69) is 40.8 Å². The molecule has 2 aromatic rings. The third kappa shape index (κ3) is 2.82. The highest BCUT2D eigenvalue weighted by molar-refractivity contribution is 5.67. The van der Waals surface area contributed by atoms with Crippen LogP contribution in [-0.2, 0) is 6.54 Å². The van der Waals surface area contributed by atoms with Gasteiger partial charge < -0.3 is 15.4 Å². The Bertz CT molecular complexity index is 586. The number of methoxy groups -OCH3 is 1. The normalized spacial score (nSPS) is 10.3. The predicted octanol–water partition coefficient (Wildman–Crippen LogP) is 2.40. The zero-order valence-corrected chi connectivity index (χ0v) is 12.1. The maximum atomic E-state index is 6.07. The number of ether oxygens (including phenoxy) is 1. The van der Waals surface area contributed by atoms with Crippen molar-refractivity contribution in [2.45, 2.75) is 20.4 Å². The van der Waals surface area contributed by atoms with Crippen molar-refractivity contribution in [1.82, 2.24) is 9.97 Å². The number of benzene rings is 1.